The number of hydrogen-bond donors (Lipinski definition) is 3. The van der Waals surface area contributed by atoms with Gasteiger partial charge in [0.15, 0.2) is 0 Å². The molecule has 8 heteroatoms. The van der Waals surface area contributed by atoms with E-state index in [-0.39, 0.29) is 12.5 Å². The zero-order chi connectivity index (χ0) is 23.2. The number of carbonyl (C=O) groups excluding carboxylic acids is 3. The number of anilines is 1. The maximum atomic E-state index is 13.2. The highest BCUT2D eigenvalue weighted by atomic mass is 16.2. The number of aromatic nitrogens is 2. The molecule has 4 N–H and O–H groups in total. The maximum absolute atomic E-state index is 13.2. The molecule has 0 radical (unpaired) electrons. The Morgan fingerprint density at radius 2 is 1.45 bits per heavy atom. The number of primary amides is 1. The quantitative estimate of drug-likeness (QED) is 0.410. The molecule has 4 rings (SSSR count). The summed E-state index contributed by atoms with van der Waals surface area (Å²) in [6, 6.07) is 25.3. The van der Waals surface area contributed by atoms with Gasteiger partial charge in [-0.2, -0.15) is 5.10 Å². The molecule has 0 aliphatic carbocycles. The Balaban J connectivity index is 1.58. The first kappa shape index (κ1) is 21.5. The van der Waals surface area contributed by atoms with Crippen LogP contribution in [-0.2, 0) is 4.79 Å². The van der Waals surface area contributed by atoms with Crippen LogP contribution < -0.4 is 16.4 Å². The third-order valence-electron chi connectivity index (χ3n) is 4.85. The molecule has 0 saturated carbocycles. The molecule has 8 nitrogen and oxygen atoms in total. The van der Waals surface area contributed by atoms with Gasteiger partial charge in [-0.3, -0.25) is 14.4 Å². The molecule has 0 aliphatic rings. The van der Waals surface area contributed by atoms with Crippen LogP contribution in [0.1, 0.15) is 20.7 Å². The van der Waals surface area contributed by atoms with Gasteiger partial charge in [-0.05, 0) is 36.4 Å². The Bertz CT molecular complexity index is 1280. The van der Waals surface area contributed by atoms with Crippen LogP contribution in [0.2, 0.25) is 0 Å². The van der Waals surface area contributed by atoms with Crippen LogP contribution in [0, 0.1) is 0 Å². The van der Waals surface area contributed by atoms with Crippen LogP contribution in [0.15, 0.2) is 91.1 Å². The van der Waals surface area contributed by atoms with Crippen LogP contribution >= 0.6 is 0 Å². The van der Waals surface area contributed by atoms with Crippen LogP contribution in [0.5, 0.6) is 0 Å². The van der Waals surface area contributed by atoms with Crippen molar-refractivity contribution in [1.82, 2.24) is 15.1 Å². The number of nitrogens with zero attached hydrogens (tertiary/aromatic N) is 2. The van der Waals surface area contributed by atoms with Gasteiger partial charge in [-0.1, -0.05) is 48.5 Å². The summed E-state index contributed by atoms with van der Waals surface area (Å²) in [6.45, 7) is -0.245. The molecule has 33 heavy (non-hydrogen) atoms. The minimum absolute atomic E-state index is 0.245. The average molecular weight is 439 g/mol. The van der Waals surface area contributed by atoms with Crippen LogP contribution in [0.4, 0.5) is 5.69 Å². The molecule has 164 valence electrons. The van der Waals surface area contributed by atoms with E-state index in [2.05, 4.69) is 15.7 Å². The highest BCUT2D eigenvalue weighted by Gasteiger charge is 2.19. The SMILES string of the molecule is NC(=O)CNC(=O)c1ccc(NC(=O)c2cn(-c3ccccc3)nc2-c2ccccc2)cc1. The van der Waals surface area contributed by atoms with Crippen molar-refractivity contribution in [2.24, 2.45) is 5.73 Å². The Kier molecular flexibility index (Phi) is 6.26. The fraction of sp³-hybridized carbons (Fsp3) is 0.0400. The molecule has 1 heterocycles. The summed E-state index contributed by atoms with van der Waals surface area (Å²) >= 11 is 0. The van der Waals surface area contributed by atoms with E-state index in [9.17, 15) is 14.4 Å². The van der Waals surface area contributed by atoms with E-state index in [1.165, 1.54) is 0 Å². The third-order valence-corrected chi connectivity index (χ3v) is 4.85. The van der Waals surface area contributed by atoms with Gasteiger partial charge in [0.2, 0.25) is 5.91 Å². The molecule has 0 saturated heterocycles. The van der Waals surface area contributed by atoms with Crippen molar-refractivity contribution in [2.45, 2.75) is 0 Å². The van der Waals surface area contributed by atoms with E-state index < -0.39 is 11.8 Å². The number of benzene rings is 3. The van der Waals surface area contributed by atoms with Gasteiger partial charge < -0.3 is 16.4 Å². The van der Waals surface area contributed by atoms with Crippen LogP contribution in [0.25, 0.3) is 16.9 Å². The van der Waals surface area contributed by atoms with E-state index in [4.69, 9.17) is 5.73 Å². The first-order valence-electron chi connectivity index (χ1n) is 10.2. The highest BCUT2D eigenvalue weighted by molar-refractivity contribution is 6.08. The Morgan fingerprint density at radius 3 is 2.09 bits per heavy atom. The summed E-state index contributed by atoms with van der Waals surface area (Å²) in [5.74, 6) is -1.39. The summed E-state index contributed by atoms with van der Waals surface area (Å²) in [6.07, 6.45) is 1.69. The summed E-state index contributed by atoms with van der Waals surface area (Å²) in [4.78, 5) is 36.0. The standard InChI is InChI=1S/C25H21N5O3/c26-22(31)15-27-24(32)18-11-13-19(14-12-18)28-25(33)21-16-30(20-9-5-2-6-10-20)29-23(21)17-7-3-1-4-8-17/h1-14,16H,15H2,(H2,26,31)(H,27,32)(H,28,33). The molecule has 0 bridgehead atoms. The van der Waals surface area contributed by atoms with Crippen LogP contribution in [-0.4, -0.2) is 34.0 Å². The van der Waals surface area contributed by atoms with Gasteiger partial charge >= 0.3 is 0 Å². The van der Waals surface area contributed by atoms with Gasteiger partial charge in [0.1, 0.15) is 5.69 Å². The van der Waals surface area contributed by atoms with E-state index in [1.54, 1.807) is 35.1 Å². The number of carbonyl (C=O) groups is 3. The van der Waals surface area contributed by atoms with Crippen molar-refractivity contribution in [1.29, 1.82) is 0 Å². The van der Waals surface area contributed by atoms with E-state index in [0.717, 1.165) is 11.3 Å². The number of amides is 3. The van der Waals surface area contributed by atoms with Gasteiger partial charge in [0, 0.05) is 23.0 Å². The lowest BCUT2D eigenvalue weighted by Crippen LogP contribution is -2.33. The van der Waals surface area contributed by atoms with Gasteiger partial charge in [0.05, 0.1) is 17.8 Å². The van der Waals surface area contributed by atoms with Gasteiger partial charge in [0.25, 0.3) is 11.8 Å². The van der Waals surface area contributed by atoms with Crippen molar-refractivity contribution in [3.05, 3.63) is 102 Å². The zero-order valence-electron chi connectivity index (χ0n) is 17.6. The molecule has 0 aliphatic heterocycles. The van der Waals surface area contributed by atoms with Crippen molar-refractivity contribution in [3.8, 4) is 16.9 Å². The van der Waals surface area contributed by atoms with E-state index >= 15 is 0 Å². The second-order valence-electron chi connectivity index (χ2n) is 7.22. The highest BCUT2D eigenvalue weighted by Crippen LogP contribution is 2.24. The molecular formula is C25H21N5O3. The molecule has 3 aromatic carbocycles. The number of nitrogens with two attached hydrogens (primary N) is 1. The first-order valence-corrected chi connectivity index (χ1v) is 10.2. The topological polar surface area (TPSA) is 119 Å². The van der Waals surface area contributed by atoms with Crippen LogP contribution in [0.3, 0.4) is 0 Å². The third kappa shape index (κ3) is 5.13. The summed E-state index contributed by atoms with van der Waals surface area (Å²) in [5.41, 5.74) is 8.51. The summed E-state index contributed by atoms with van der Waals surface area (Å²) < 4.78 is 1.67. The Morgan fingerprint density at radius 1 is 0.818 bits per heavy atom. The molecule has 0 spiro atoms. The first-order chi connectivity index (χ1) is 16.0. The smallest absolute Gasteiger partial charge is 0.259 e. The Hall–Kier alpha value is -4.72. The normalized spacial score (nSPS) is 10.4. The molecule has 0 fully saturated rings. The number of hydrogen-bond acceptors (Lipinski definition) is 4. The van der Waals surface area contributed by atoms with E-state index in [1.807, 2.05) is 60.7 Å². The van der Waals surface area contributed by atoms with Crippen molar-refractivity contribution in [2.75, 3.05) is 11.9 Å². The number of para-hydroxylation sites is 1. The molecule has 0 unspecified atom stereocenters. The number of rotatable bonds is 7. The predicted octanol–water partition coefficient (Wildman–Crippen LogP) is 3.01. The van der Waals surface area contributed by atoms with Crippen molar-refractivity contribution in [3.63, 3.8) is 0 Å². The molecular weight excluding hydrogens is 418 g/mol. The predicted molar refractivity (Wildman–Crippen MR) is 125 cm³/mol. The fourth-order valence-corrected chi connectivity index (χ4v) is 3.24. The minimum Gasteiger partial charge on any atom is -0.368 e. The summed E-state index contributed by atoms with van der Waals surface area (Å²) in [7, 11) is 0. The second-order valence-corrected chi connectivity index (χ2v) is 7.22. The number of nitrogens with one attached hydrogen (secondary N) is 2. The molecule has 1 aromatic heterocycles. The van der Waals surface area contributed by atoms with Crippen molar-refractivity contribution < 1.29 is 14.4 Å². The Labute approximate surface area is 190 Å². The molecule has 3 amide bonds. The lowest BCUT2D eigenvalue weighted by Gasteiger charge is -2.07. The molecule has 0 atom stereocenters. The van der Waals surface area contributed by atoms with Gasteiger partial charge in [-0.25, -0.2) is 4.68 Å². The largest absolute Gasteiger partial charge is 0.368 e. The lowest BCUT2D eigenvalue weighted by atomic mass is 10.1. The second kappa shape index (κ2) is 9.61. The van der Waals surface area contributed by atoms with Crippen molar-refractivity contribution >= 4 is 23.4 Å². The van der Waals surface area contributed by atoms with E-state index in [0.29, 0.717) is 22.5 Å². The average Bonchev–Trinajstić information content (AvgIpc) is 3.30. The monoisotopic (exact) mass is 439 g/mol. The van der Waals surface area contributed by atoms with Gasteiger partial charge in [-0.15, -0.1) is 0 Å². The maximum Gasteiger partial charge on any atom is 0.259 e. The molecule has 4 aromatic rings. The minimum atomic E-state index is -0.627. The lowest BCUT2D eigenvalue weighted by molar-refractivity contribution is -0.117. The zero-order valence-corrected chi connectivity index (χ0v) is 17.6. The fourth-order valence-electron chi connectivity index (χ4n) is 3.24. The summed E-state index contributed by atoms with van der Waals surface area (Å²) in [5, 5.41) is 9.92.